The molecule has 4 heteroatoms. The molecule has 0 radical (unpaired) electrons. The summed E-state index contributed by atoms with van der Waals surface area (Å²) in [6.45, 7) is 0. The maximum absolute atomic E-state index is 10.8. The van der Waals surface area contributed by atoms with Crippen molar-refractivity contribution in [3.63, 3.8) is 0 Å². The Kier molecular flexibility index (Phi) is 2.20. The first-order valence-corrected chi connectivity index (χ1v) is 4.26. The summed E-state index contributed by atoms with van der Waals surface area (Å²) >= 11 is 5.28. The van der Waals surface area contributed by atoms with Gasteiger partial charge in [0.2, 0.25) is 0 Å². The van der Waals surface area contributed by atoms with E-state index >= 15 is 0 Å². The molecule has 0 saturated heterocycles. The minimum atomic E-state index is -0.684. The predicted molar refractivity (Wildman–Crippen MR) is 46.5 cm³/mol. The van der Waals surface area contributed by atoms with E-state index < -0.39 is 11.3 Å². The van der Waals surface area contributed by atoms with Crippen LogP contribution in [0.25, 0.3) is 0 Å². The minimum absolute atomic E-state index is 0.471. The van der Waals surface area contributed by atoms with Gasteiger partial charge in [0.15, 0.2) is 11.9 Å². The van der Waals surface area contributed by atoms with Crippen molar-refractivity contribution in [2.75, 3.05) is 0 Å². The van der Waals surface area contributed by atoms with E-state index in [1.807, 2.05) is 18.2 Å². The van der Waals surface area contributed by atoms with E-state index in [4.69, 9.17) is 21.4 Å². The van der Waals surface area contributed by atoms with Crippen molar-refractivity contribution >= 4 is 16.8 Å². The van der Waals surface area contributed by atoms with Gasteiger partial charge in [0, 0.05) is 12.0 Å². The molecule has 0 aliphatic carbocycles. The molecule has 0 N–H and O–H groups in total. The Bertz CT molecular complexity index is 337. The Morgan fingerprint density at radius 1 is 1.46 bits per heavy atom. The number of carbonyl (C=O) groups excluding carboxylic acids is 1. The van der Waals surface area contributed by atoms with Crippen LogP contribution in [0, 0.1) is 0 Å². The first-order chi connectivity index (χ1) is 6.27. The normalized spacial score (nSPS) is 20.2. The van der Waals surface area contributed by atoms with Crippen LogP contribution < -0.4 is 4.89 Å². The average molecular weight is 199 g/mol. The summed E-state index contributed by atoms with van der Waals surface area (Å²) in [6, 6.07) is 7.38. The highest BCUT2D eigenvalue weighted by Gasteiger charge is 2.25. The molecule has 1 heterocycles. The minimum Gasteiger partial charge on any atom is -0.336 e. The van der Waals surface area contributed by atoms with Crippen molar-refractivity contribution < 1.29 is 14.6 Å². The van der Waals surface area contributed by atoms with Crippen molar-refractivity contribution in [1.29, 1.82) is 0 Å². The summed E-state index contributed by atoms with van der Waals surface area (Å²) in [5.74, 6) is 0.650. The number of para-hydroxylation sites is 1. The molecule has 1 atom stereocenters. The summed E-state index contributed by atoms with van der Waals surface area (Å²) in [7, 11) is 0. The van der Waals surface area contributed by atoms with Gasteiger partial charge in [-0.15, -0.1) is 0 Å². The average Bonchev–Trinajstić information content (AvgIpc) is 2.17. The zero-order chi connectivity index (χ0) is 9.26. The van der Waals surface area contributed by atoms with E-state index in [9.17, 15) is 4.79 Å². The van der Waals surface area contributed by atoms with Crippen molar-refractivity contribution in [2.24, 2.45) is 0 Å². The second-order valence-corrected chi connectivity index (χ2v) is 3.16. The van der Waals surface area contributed by atoms with E-state index in [1.165, 1.54) is 0 Å². The van der Waals surface area contributed by atoms with Crippen LogP contribution in [0.5, 0.6) is 5.75 Å². The molecule has 0 fully saturated rings. The quantitative estimate of drug-likeness (QED) is 0.509. The zero-order valence-electron chi connectivity index (χ0n) is 6.70. The summed E-state index contributed by atoms with van der Waals surface area (Å²) in [5.41, 5.74) is 0.938. The number of rotatable bonds is 1. The molecule has 1 unspecified atom stereocenters. The molecular formula is C9H7ClO3. The lowest BCUT2D eigenvalue weighted by Crippen LogP contribution is -2.28. The summed E-state index contributed by atoms with van der Waals surface area (Å²) in [6.07, 6.45) is -0.213. The monoisotopic (exact) mass is 198 g/mol. The highest BCUT2D eigenvalue weighted by atomic mass is 35.5. The van der Waals surface area contributed by atoms with Crippen LogP contribution in [-0.2, 0) is 16.1 Å². The first-order valence-electron chi connectivity index (χ1n) is 3.88. The predicted octanol–water partition coefficient (Wildman–Crippen LogP) is 1.69. The fourth-order valence-electron chi connectivity index (χ4n) is 1.22. The van der Waals surface area contributed by atoms with E-state index in [0.717, 1.165) is 5.56 Å². The Labute approximate surface area is 80.1 Å². The van der Waals surface area contributed by atoms with Gasteiger partial charge >= 0.3 is 0 Å². The number of halogens is 1. The Morgan fingerprint density at radius 2 is 2.23 bits per heavy atom. The molecule has 1 aliphatic heterocycles. The smallest absolute Gasteiger partial charge is 0.255 e. The number of fused-ring (bicyclic) bond motifs is 1. The van der Waals surface area contributed by atoms with Crippen molar-refractivity contribution in [3.05, 3.63) is 29.8 Å². The number of hydrogen-bond acceptors (Lipinski definition) is 3. The summed E-state index contributed by atoms with van der Waals surface area (Å²) < 4.78 is 0. The highest BCUT2D eigenvalue weighted by Crippen LogP contribution is 2.26. The van der Waals surface area contributed by atoms with Crippen LogP contribution in [0.15, 0.2) is 24.3 Å². The van der Waals surface area contributed by atoms with Crippen LogP contribution in [0.3, 0.4) is 0 Å². The molecule has 3 nitrogen and oxygen atoms in total. The van der Waals surface area contributed by atoms with Gasteiger partial charge in [-0.1, -0.05) is 18.2 Å². The molecule has 1 aliphatic rings. The molecule has 0 amide bonds. The Morgan fingerprint density at radius 3 is 3.00 bits per heavy atom. The second-order valence-electron chi connectivity index (χ2n) is 2.78. The molecular weight excluding hydrogens is 192 g/mol. The summed E-state index contributed by atoms with van der Waals surface area (Å²) in [5, 5.41) is -0.533. The van der Waals surface area contributed by atoms with Crippen molar-refractivity contribution in [3.8, 4) is 5.75 Å². The third kappa shape index (κ3) is 1.66. The van der Waals surface area contributed by atoms with Gasteiger partial charge in [-0.05, 0) is 17.7 Å². The van der Waals surface area contributed by atoms with Gasteiger partial charge in [-0.25, -0.2) is 0 Å². The van der Waals surface area contributed by atoms with E-state index in [0.29, 0.717) is 12.2 Å². The fourth-order valence-corrected chi connectivity index (χ4v) is 1.33. The molecule has 13 heavy (non-hydrogen) atoms. The third-order valence-electron chi connectivity index (χ3n) is 1.89. The molecule has 0 bridgehead atoms. The molecule has 1 aromatic rings. The number of carbonyl (C=O) groups is 1. The van der Waals surface area contributed by atoms with Crippen molar-refractivity contribution in [2.45, 2.75) is 12.5 Å². The van der Waals surface area contributed by atoms with Crippen LogP contribution in [0.1, 0.15) is 5.56 Å². The van der Waals surface area contributed by atoms with Gasteiger partial charge in [0.1, 0.15) is 0 Å². The van der Waals surface area contributed by atoms with Gasteiger partial charge in [-0.2, -0.15) is 4.89 Å². The lowest BCUT2D eigenvalue weighted by atomic mass is 10.1. The zero-order valence-corrected chi connectivity index (χ0v) is 7.45. The van der Waals surface area contributed by atoms with Gasteiger partial charge < -0.3 is 4.89 Å². The molecule has 1 aromatic carbocycles. The lowest BCUT2D eigenvalue weighted by Gasteiger charge is -2.20. The van der Waals surface area contributed by atoms with Gasteiger partial charge in [-0.3, -0.25) is 4.79 Å². The van der Waals surface area contributed by atoms with Gasteiger partial charge in [0.25, 0.3) is 5.24 Å². The molecule has 68 valence electrons. The van der Waals surface area contributed by atoms with E-state index in [-0.39, 0.29) is 0 Å². The number of hydrogen-bond donors (Lipinski definition) is 0. The molecule has 0 aromatic heterocycles. The molecule has 2 rings (SSSR count). The Hall–Kier alpha value is -1.06. The first kappa shape index (κ1) is 8.53. The summed E-state index contributed by atoms with van der Waals surface area (Å²) in [4.78, 5) is 20.4. The number of benzene rings is 1. The maximum atomic E-state index is 10.8. The van der Waals surface area contributed by atoms with Gasteiger partial charge in [0.05, 0.1) is 0 Å². The second kappa shape index (κ2) is 3.36. The molecule has 0 spiro atoms. The topological polar surface area (TPSA) is 35.5 Å². The third-order valence-corrected chi connectivity index (χ3v) is 2.13. The maximum Gasteiger partial charge on any atom is 0.255 e. The van der Waals surface area contributed by atoms with Crippen LogP contribution in [-0.4, -0.2) is 11.3 Å². The SMILES string of the molecule is O=C(Cl)C1Cc2ccccc2OO1. The largest absolute Gasteiger partial charge is 0.336 e. The van der Waals surface area contributed by atoms with Crippen LogP contribution >= 0.6 is 11.6 Å². The van der Waals surface area contributed by atoms with E-state index in [1.54, 1.807) is 6.07 Å². The van der Waals surface area contributed by atoms with Crippen molar-refractivity contribution in [1.82, 2.24) is 0 Å². The standard InChI is InChI=1S/C9H7ClO3/c10-9(11)8-5-6-3-1-2-4-7(6)12-13-8/h1-4,8H,5H2. The Balaban J connectivity index is 2.24. The van der Waals surface area contributed by atoms with Crippen LogP contribution in [0.2, 0.25) is 0 Å². The lowest BCUT2D eigenvalue weighted by molar-refractivity contribution is -0.245. The van der Waals surface area contributed by atoms with Crippen LogP contribution in [0.4, 0.5) is 0 Å². The molecule has 0 saturated carbocycles. The van der Waals surface area contributed by atoms with E-state index in [2.05, 4.69) is 0 Å². The highest BCUT2D eigenvalue weighted by molar-refractivity contribution is 6.64. The fraction of sp³-hybridized carbons (Fsp3) is 0.222.